The molecule has 1 aliphatic carbocycles. The predicted octanol–water partition coefficient (Wildman–Crippen LogP) is 3.03. The van der Waals surface area contributed by atoms with Crippen LogP contribution in [-0.2, 0) is 0 Å². The first-order valence-electron chi connectivity index (χ1n) is 8.91. The van der Waals surface area contributed by atoms with Gasteiger partial charge in [0.1, 0.15) is 0 Å². The molecule has 0 bridgehead atoms. The first-order valence-corrected chi connectivity index (χ1v) is 8.91. The summed E-state index contributed by atoms with van der Waals surface area (Å²) >= 11 is 0. The van der Waals surface area contributed by atoms with E-state index in [9.17, 15) is 4.79 Å². The van der Waals surface area contributed by atoms with Gasteiger partial charge in [-0.15, -0.1) is 0 Å². The van der Waals surface area contributed by atoms with Crippen LogP contribution in [0.5, 0.6) is 0 Å². The van der Waals surface area contributed by atoms with Crippen LogP contribution in [0.1, 0.15) is 53.9 Å². The van der Waals surface area contributed by atoms with E-state index in [-0.39, 0.29) is 5.91 Å². The topological polar surface area (TPSA) is 32.3 Å². The number of nitrogens with zero attached hydrogens (tertiary/aromatic N) is 1. The van der Waals surface area contributed by atoms with E-state index >= 15 is 0 Å². The van der Waals surface area contributed by atoms with Crippen LogP contribution < -0.4 is 5.32 Å². The summed E-state index contributed by atoms with van der Waals surface area (Å²) in [6.07, 6.45) is 6.36. The number of carbonyl (C=O) groups is 1. The van der Waals surface area contributed by atoms with Gasteiger partial charge in [-0.1, -0.05) is 12.1 Å². The zero-order valence-corrected chi connectivity index (χ0v) is 13.3. The second-order valence-corrected chi connectivity index (χ2v) is 7.30. The van der Waals surface area contributed by atoms with Crippen LogP contribution in [0.3, 0.4) is 0 Å². The van der Waals surface area contributed by atoms with Crippen molar-refractivity contribution in [2.24, 2.45) is 11.8 Å². The summed E-state index contributed by atoms with van der Waals surface area (Å²) in [5.41, 5.74) is 2.28. The minimum absolute atomic E-state index is 0.234. The molecule has 22 heavy (non-hydrogen) atoms. The second kappa shape index (κ2) is 6.04. The molecular weight excluding hydrogens is 272 g/mol. The average Bonchev–Trinajstić information content (AvgIpc) is 3.28. The fourth-order valence-corrected chi connectivity index (χ4v) is 4.16. The third-order valence-corrected chi connectivity index (χ3v) is 5.72. The molecule has 2 unspecified atom stereocenters. The molecule has 1 amide bonds. The number of amides is 1. The zero-order chi connectivity index (χ0) is 14.9. The molecule has 4 rings (SSSR count). The molecule has 1 saturated carbocycles. The fraction of sp³-hybridized carbons (Fsp3) is 0.632. The highest BCUT2D eigenvalue weighted by Crippen LogP contribution is 2.40. The lowest BCUT2D eigenvalue weighted by molar-refractivity contribution is 0.0634. The Balaban J connectivity index is 1.42. The van der Waals surface area contributed by atoms with Crippen molar-refractivity contribution in [1.29, 1.82) is 0 Å². The highest BCUT2D eigenvalue weighted by molar-refractivity contribution is 5.94. The Kier molecular flexibility index (Phi) is 3.91. The zero-order valence-electron chi connectivity index (χ0n) is 13.3. The monoisotopic (exact) mass is 298 g/mol. The van der Waals surface area contributed by atoms with Gasteiger partial charge in [0.25, 0.3) is 5.91 Å². The smallest absolute Gasteiger partial charge is 0.253 e. The lowest BCUT2D eigenvalue weighted by Gasteiger charge is -2.35. The highest BCUT2D eigenvalue weighted by Gasteiger charge is 2.31. The molecule has 2 heterocycles. The molecule has 2 saturated heterocycles. The molecule has 3 aliphatic rings. The first kappa shape index (κ1) is 14.3. The minimum atomic E-state index is 0.234. The van der Waals surface area contributed by atoms with Gasteiger partial charge in [0.15, 0.2) is 0 Å². The maximum Gasteiger partial charge on any atom is 0.253 e. The minimum Gasteiger partial charge on any atom is -0.338 e. The van der Waals surface area contributed by atoms with Gasteiger partial charge >= 0.3 is 0 Å². The third-order valence-electron chi connectivity index (χ3n) is 5.72. The lowest BCUT2D eigenvalue weighted by Crippen LogP contribution is -2.42. The van der Waals surface area contributed by atoms with Crippen molar-refractivity contribution < 1.29 is 4.79 Å². The van der Waals surface area contributed by atoms with Gasteiger partial charge in [0.2, 0.25) is 0 Å². The third kappa shape index (κ3) is 2.91. The van der Waals surface area contributed by atoms with E-state index in [0.717, 1.165) is 50.0 Å². The molecule has 0 radical (unpaired) electrons. The molecule has 2 atom stereocenters. The van der Waals surface area contributed by atoms with Gasteiger partial charge in [-0.05, 0) is 80.6 Å². The highest BCUT2D eigenvalue weighted by atomic mass is 16.2. The molecule has 118 valence electrons. The Labute approximate surface area is 133 Å². The van der Waals surface area contributed by atoms with Crippen LogP contribution in [-0.4, -0.2) is 37.0 Å². The predicted molar refractivity (Wildman–Crippen MR) is 88.0 cm³/mol. The van der Waals surface area contributed by atoms with Crippen LogP contribution in [0.15, 0.2) is 24.3 Å². The van der Waals surface area contributed by atoms with Gasteiger partial charge in [0.05, 0.1) is 0 Å². The van der Waals surface area contributed by atoms with Crippen molar-refractivity contribution in [3.8, 4) is 0 Å². The SMILES string of the molecule is O=C(c1ccc(C2CC2)cc1)N1CCCC(C2CCNC2)C1. The van der Waals surface area contributed by atoms with Gasteiger partial charge in [0, 0.05) is 18.7 Å². The summed E-state index contributed by atoms with van der Waals surface area (Å²) in [5.74, 6) is 2.46. The number of rotatable bonds is 3. The van der Waals surface area contributed by atoms with Gasteiger partial charge in [-0.3, -0.25) is 4.79 Å². The van der Waals surface area contributed by atoms with E-state index in [1.165, 1.54) is 31.2 Å². The van der Waals surface area contributed by atoms with Gasteiger partial charge in [-0.25, -0.2) is 0 Å². The number of hydrogen-bond donors (Lipinski definition) is 1. The Morgan fingerprint density at radius 2 is 1.86 bits per heavy atom. The maximum absolute atomic E-state index is 12.8. The van der Waals surface area contributed by atoms with E-state index in [2.05, 4.69) is 22.3 Å². The molecule has 3 nitrogen and oxygen atoms in total. The van der Waals surface area contributed by atoms with E-state index in [4.69, 9.17) is 0 Å². The summed E-state index contributed by atoms with van der Waals surface area (Å²) in [4.78, 5) is 14.9. The Hall–Kier alpha value is -1.35. The molecule has 1 N–H and O–H groups in total. The van der Waals surface area contributed by atoms with Crippen molar-refractivity contribution >= 4 is 5.91 Å². The summed E-state index contributed by atoms with van der Waals surface area (Å²) in [6.45, 7) is 4.18. The van der Waals surface area contributed by atoms with E-state index in [1.54, 1.807) is 0 Å². The summed E-state index contributed by atoms with van der Waals surface area (Å²) < 4.78 is 0. The largest absolute Gasteiger partial charge is 0.338 e. The first-order chi connectivity index (χ1) is 10.8. The summed E-state index contributed by atoms with van der Waals surface area (Å²) in [5, 5.41) is 3.46. The van der Waals surface area contributed by atoms with Crippen molar-refractivity contribution in [1.82, 2.24) is 10.2 Å². The second-order valence-electron chi connectivity index (χ2n) is 7.30. The van der Waals surface area contributed by atoms with Crippen molar-refractivity contribution in [2.75, 3.05) is 26.2 Å². The number of likely N-dealkylation sites (tertiary alicyclic amines) is 1. The standard InChI is InChI=1S/C19H26N2O/c22-19(16-7-5-15(6-8-16)14-3-4-14)21-11-1-2-18(13-21)17-9-10-20-12-17/h5-8,14,17-18,20H,1-4,9-13H2. The molecule has 1 aromatic carbocycles. The van der Waals surface area contributed by atoms with E-state index < -0.39 is 0 Å². The number of hydrogen-bond acceptors (Lipinski definition) is 2. The normalized spacial score (nSPS) is 28.8. The quantitative estimate of drug-likeness (QED) is 0.930. The molecule has 2 aliphatic heterocycles. The van der Waals surface area contributed by atoms with E-state index in [1.807, 2.05) is 12.1 Å². The molecule has 3 heteroatoms. The Morgan fingerprint density at radius 3 is 2.55 bits per heavy atom. The van der Waals surface area contributed by atoms with Crippen LogP contribution >= 0.6 is 0 Å². The molecule has 0 spiro atoms. The molecular formula is C19H26N2O. The van der Waals surface area contributed by atoms with Gasteiger partial charge in [-0.2, -0.15) is 0 Å². The summed E-state index contributed by atoms with van der Waals surface area (Å²) in [7, 11) is 0. The number of piperidine rings is 1. The van der Waals surface area contributed by atoms with Crippen molar-refractivity contribution in [3.63, 3.8) is 0 Å². The summed E-state index contributed by atoms with van der Waals surface area (Å²) in [6, 6.07) is 8.40. The molecule has 3 fully saturated rings. The maximum atomic E-state index is 12.8. The average molecular weight is 298 g/mol. The number of nitrogens with one attached hydrogen (secondary N) is 1. The van der Waals surface area contributed by atoms with E-state index in [0.29, 0.717) is 5.92 Å². The fourth-order valence-electron chi connectivity index (χ4n) is 4.16. The lowest BCUT2D eigenvalue weighted by atomic mass is 9.84. The van der Waals surface area contributed by atoms with Crippen LogP contribution in [0, 0.1) is 11.8 Å². The number of benzene rings is 1. The van der Waals surface area contributed by atoms with Crippen LogP contribution in [0.4, 0.5) is 0 Å². The van der Waals surface area contributed by atoms with Gasteiger partial charge < -0.3 is 10.2 Å². The van der Waals surface area contributed by atoms with Crippen molar-refractivity contribution in [2.45, 2.75) is 38.0 Å². The number of carbonyl (C=O) groups excluding carboxylic acids is 1. The van der Waals surface area contributed by atoms with Crippen LogP contribution in [0.2, 0.25) is 0 Å². The van der Waals surface area contributed by atoms with Crippen LogP contribution in [0.25, 0.3) is 0 Å². The molecule has 1 aromatic rings. The Bertz CT molecular complexity index is 529. The van der Waals surface area contributed by atoms with Crippen molar-refractivity contribution in [3.05, 3.63) is 35.4 Å². The Morgan fingerprint density at radius 1 is 1.05 bits per heavy atom. The molecule has 0 aromatic heterocycles.